The summed E-state index contributed by atoms with van der Waals surface area (Å²) in [4.78, 5) is 15.6. The summed E-state index contributed by atoms with van der Waals surface area (Å²) >= 11 is 0. The van der Waals surface area contributed by atoms with Crippen molar-refractivity contribution in [3.05, 3.63) is 70.5 Å². The number of methoxy groups -OCH3 is 1. The molecule has 2 aromatic carbocycles. The Morgan fingerprint density at radius 3 is 2.44 bits per heavy atom. The van der Waals surface area contributed by atoms with Crippen molar-refractivity contribution in [1.82, 2.24) is 10.6 Å². The third-order valence-corrected chi connectivity index (χ3v) is 4.11. The Kier molecular flexibility index (Phi) is 9.20. The summed E-state index contributed by atoms with van der Waals surface area (Å²) in [5, 5.41) is 6.44. The SMILES string of the molecule is CN=C(NCc1ccc(C(=O)OC)cc1)NC(C)c1ccc(C)c(F)c1.I. The van der Waals surface area contributed by atoms with Gasteiger partial charge in [0, 0.05) is 13.6 Å². The van der Waals surface area contributed by atoms with Crippen LogP contribution in [-0.4, -0.2) is 26.1 Å². The van der Waals surface area contributed by atoms with E-state index in [2.05, 4.69) is 20.4 Å². The Hall–Kier alpha value is -2.16. The van der Waals surface area contributed by atoms with Crippen LogP contribution in [0.1, 0.15) is 40.0 Å². The average molecular weight is 485 g/mol. The number of nitrogens with one attached hydrogen (secondary N) is 2. The fourth-order valence-electron chi connectivity index (χ4n) is 2.42. The molecule has 0 aromatic heterocycles. The number of benzene rings is 2. The van der Waals surface area contributed by atoms with Crippen LogP contribution in [0.2, 0.25) is 0 Å². The number of carbonyl (C=O) groups excluding carboxylic acids is 1. The highest BCUT2D eigenvalue weighted by atomic mass is 127. The molecule has 146 valence electrons. The Morgan fingerprint density at radius 2 is 1.89 bits per heavy atom. The van der Waals surface area contributed by atoms with Crippen LogP contribution in [0, 0.1) is 12.7 Å². The number of halogens is 2. The van der Waals surface area contributed by atoms with Gasteiger partial charge in [0.1, 0.15) is 5.82 Å². The quantitative estimate of drug-likeness (QED) is 0.291. The highest BCUT2D eigenvalue weighted by Crippen LogP contribution is 2.16. The van der Waals surface area contributed by atoms with Crippen LogP contribution in [0.4, 0.5) is 4.39 Å². The highest BCUT2D eigenvalue weighted by molar-refractivity contribution is 14.0. The number of esters is 1. The van der Waals surface area contributed by atoms with Gasteiger partial charge in [-0.25, -0.2) is 9.18 Å². The van der Waals surface area contributed by atoms with E-state index in [4.69, 9.17) is 0 Å². The summed E-state index contributed by atoms with van der Waals surface area (Å²) in [5.41, 5.74) is 2.97. The molecule has 2 N–H and O–H groups in total. The second kappa shape index (κ2) is 10.9. The van der Waals surface area contributed by atoms with E-state index in [1.807, 2.05) is 25.1 Å². The number of guanidine groups is 1. The van der Waals surface area contributed by atoms with Crippen molar-refractivity contribution < 1.29 is 13.9 Å². The fraction of sp³-hybridized carbons (Fsp3) is 0.300. The number of rotatable bonds is 5. The topological polar surface area (TPSA) is 62.7 Å². The largest absolute Gasteiger partial charge is 0.465 e. The van der Waals surface area contributed by atoms with Gasteiger partial charge in [-0.1, -0.05) is 24.3 Å². The van der Waals surface area contributed by atoms with Gasteiger partial charge < -0.3 is 15.4 Å². The van der Waals surface area contributed by atoms with Gasteiger partial charge in [-0.3, -0.25) is 4.99 Å². The summed E-state index contributed by atoms with van der Waals surface area (Å²) in [6.07, 6.45) is 0. The number of carbonyl (C=O) groups is 1. The van der Waals surface area contributed by atoms with E-state index in [-0.39, 0.29) is 41.8 Å². The second-order valence-corrected chi connectivity index (χ2v) is 5.99. The molecule has 2 aromatic rings. The summed E-state index contributed by atoms with van der Waals surface area (Å²) < 4.78 is 18.4. The van der Waals surface area contributed by atoms with Crippen LogP contribution in [0.3, 0.4) is 0 Å². The Bertz CT molecular complexity index is 794. The Labute approximate surface area is 176 Å². The molecule has 0 aliphatic carbocycles. The van der Waals surface area contributed by atoms with E-state index in [0.717, 1.165) is 11.1 Å². The molecule has 0 aliphatic rings. The van der Waals surface area contributed by atoms with Crippen molar-refractivity contribution in [2.75, 3.05) is 14.2 Å². The lowest BCUT2D eigenvalue weighted by molar-refractivity contribution is 0.0600. The highest BCUT2D eigenvalue weighted by Gasteiger charge is 2.10. The maximum absolute atomic E-state index is 13.7. The maximum atomic E-state index is 13.7. The van der Waals surface area contributed by atoms with Gasteiger partial charge in [-0.05, 0) is 48.7 Å². The molecular formula is C20H25FIN3O2. The lowest BCUT2D eigenvalue weighted by Crippen LogP contribution is -2.38. The molecule has 0 amide bonds. The van der Waals surface area contributed by atoms with E-state index in [1.54, 1.807) is 32.2 Å². The molecule has 2 rings (SSSR count). The third kappa shape index (κ3) is 6.50. The minimum atomic E-state index is -0.360. The minimum Gasteiger partial charge on any atom is -0.465 e. The molecule has 1 unspecified atom stereocenters. The number of ether oxygens (including phenoxy) is 1. The average Bonchev–Trinajstić information content (AvgIpc) is 2.66. The summed E-state index contributed by atoms with van der Waals surface area (Å²) in [6, 6.07) is 12.2. The molecule has 0 radical (unpaired) electrons. The van der Waals surface area contributed by atoms with Crippen molar-refractivity contribution in [1.29, 1.82) is 0 Å². The molecule has 27 heavy (non-hydrogen) atoms. The second-order valence-electron chi connectivity index (χ2n) is 5.99. The molecular weight excluding hydrogens is 460 g/mol. The normalized spacial score (nSPS) is 12.0. The Balaban J connectivity index is 0.00000364. The van der Waals surface area contributed by atoms with Gasteiger partial charge in [-0.2, -0.15) is 0 Å². The fourth-order valence-corrected chi connectivity index (χ4v) is 2.42. The minimum absolute atomic E-state index is 0. The smallest absolute Gasteiger partial charge is 0.337 e. The monoisotopic (exact) mass is 485 g/mol. The van der Waals surface area contributed by atoms with Crippen LogP contribution in [0.15, 0.2) is 47.5 Å². The van der Waals surface area contributed by atoms with Crippen LogP contribution in [-0.2, 0) is 11.3 Å². The van der Waals surface area contributed by atoms with E-state index < -0.39 is 0 Å². The molecule has 5 nitrogen and oxygen atoms in total. The standard InChI is InChI=1S/C20H24FN3O2.HI/c1-13-5-8-17(11-18(13)21)14(2)24-20(22-3)23-12-15-6-9-16(10-7-15)19(25)26-4;/h5-11,14H,12H2,1-4H3,(H2,22,23,24);1H. The zero-order chi connectivity index (χ0) is 19.1. The molecule has 0 saturated carbocycles. The van der Waals surface area contributed by atoms with E-state index in [0.29, 0.717) is 23.6 Å². The van der Waals surface area contributed by atoms with E-state index in [9.17, 15) is 9.18 Å². The Morgan fingerprint density at radius 1 is 1.22 bits per heavy atom. The third-order valence-electron chi connectivity index (χ3n) is 4.11. The van der Waals surface area contributed by atoms with Crippen molar-refractivity contribution in [3.63, 3.8) is 0 Å². The van der Waals surface area contributed by atoms with Gasteiger partial charge in [-0.15, -0.1) is 24.0 Å². The molecule has 0 fully saturated rings. The molecule has 0 spiro atoms. The number of aryl methyl sites for hydroxylation is 1. The first-order chi connectivity index (χ1) is 12.4. The lowest BCUT2D eigenvalue weighted by atomic mass is 10.1. The van der Waals surface area contributed by atoms with Gasteiger partial charge in [0.2, 0.25) is 0 Å². The zero-order valence-electron chi connectivity index (χ0n) is 15.9. The van der Waals surface area contributed by atoms with Crippen LogP contribution < -0.4 is 10.6 Å². The molecule has 1 atom stereocenters. The number of hydrogen-bond acceptors (Lipinski definition) is 3. The predicted molar refractivity (Wildman–Crippen MR) is 116 cm³/mol. The first kappa shape index (κ1) is 22.9. The van der Waals surface area contributed by atoms with Gasteiger partial charge in [0.15, 0.2) is 5.96 Å². The number of hydrogen-bond donors (Lipinski definition) is 2. The molecule has 0 saturated heterocycles. The van der Waals surface area contributed by atoms with Crippen molar-refractivity contribution in [2.45, 2.75) is 26.4 Å². The molecule has 0 bridgehead atoms. The lowest BCUT2D eigenvalue weighted by Gasteiger charge is -2.19. The van der Waals surface area contributed by atoms with Crippen LogP contribution in [0.5, 0.6) is 0 Å². The summed E-state index contributed by atoms with van der Waals surface area (Å²) in [6.45, 7) is 4.22. The van der Waals surface area contributed by atoms with Gasteiger partial charge in [0.05, 0.1) is 18.7 Å². The summed E-state index contributed by atoms with van der Waals surface area (Å²) in [5.74, 6) is 0.0291. The van der Waals surface area contributed by atoms with Gasteiger partial charge in [0.25, 0.3) is 0 Å². The first-order valence-electron chi connectivity index (χ1n) is 8.35. The van der Waals surface area contributed by atoms with Gasteiger partial charge >= 0.3 is 5.97 Å². The molecule has 0 aliphatic heterocycles. The van der Waals surface area contributed by atoms with Crippen molar-refractivity contribution in [2.24, 2.45) is 4.99 Å². The molecule has 0 heterocycles. The summed E-state index contributed by atoms with van der Waals surface area (Å²) in [7, 11) is 3.03. The van der Waals surface area contributed by atoms with Crippen molar-refractivity contribution in [3.8, 4) is 0 Å². The van der Waals surface area contributed by atoms with E-state index in [1.165, 1.54) is 13.2 Å². The van der Waals surface area contributed by atoms with E-state index >= 15 is 0 Å². The van der Waals surface area contributed by atoms with Crippen molar-refractivity contribution >= 4 is 35.9 Å². The maximum Gasteiger partial charge on any atom is 0.337 e. The first-order valence-corrected chi connectivity index (χ1v) is 8.35. The zero-order valence-corrected chi connectivity index (χ0v) is 18.2. The number of aliphatic imine (C=N–C) groups is 1. The molecule has 7 heteroatoms. The van der Waals surface area contributed by atoms with Crippen LogP contribution >= 0.6 is 24.0 Å². The van der Waals surface area contributed by atoms with Crippen LogP contribution in [0.25, 0.3) is 0 Å². The number of nitrogens with zero attached hydrogens (tertiary/aromatic N) is 1. The predicted octanol–water partition coefficient (Wildman–Crippen LogP) is 3.96.